The number of ether oxygens (including phenoxy) is 1. The average molecular weight is 478 g/mol. The van der Waals surface area contributed by atoms with Gasteiger partial charge in [-0.25, -0.2) is 9.11 Å². The monoisotopic (exact) mass is 477 g/mol. The van der Waals surface area contributed by atoms with Gasteiger partial charge in [0.1, 0.15) is 5.82 Å². The summed E-state index contributed by atoms with van der Waals surface area (Å²) in [4.78, 5) is 2.13. The van der Waals surface area contributed by atoms with Gasteiger partial charge in [-0.15, -0.1) is 5.10 Å². The van der Waals surface area contributed by atoms with Crippen LogP contribution in [-0.4, -0.2) is 57.5 Å². The van der Waals surface area contributed by atoms with Crippen LogP contribution in [0.2, 0.25) is 0 Å². The van der Waals surface area contributed by atoms with Gasteiger partial charge >= 0.3 is 0 Å². The van der Waals surface area contributed by atoms with Crippen molar-refractivity contribution in [1.29, 1.82) is 0 Å². The van der Waals surface area contributed by atoms with E-state index in [1.165, 1.54) is 13.1 Å². The first kappa shape index (κ1) is 24.0. The molecular weight excluding hydrogens is 445 g/mol. The van der Waals surface area contributed by atoms with Crippen LogP contribution in [0, 0.1) is 11.7 Å². The molecule has 10 heteroatoms. The van der Waals surface area contributed by atoms with Crippen molar-refractivity contribution < 1.29 is 17.5 Å². The van der Waals surface area contributed by atoms with Crippen LogP contribution >= 0.6 is 0 Å². The van der Waals surface area contributed by atoms with Crippen LogP contribution in [0.4, 0.5) is 10.2 Å². The quantitative estimate of drug-likeness (QED) is 0.607. The van der Waals surface area contributed by atoms with Crippen molar-refractivity contribution in [3.8, 4) is 0 Å². The third-order valence-corrected chi connectivity index (χ3v) is 7.88. The maximum absolute atomic E-state index is 13.6. The lowest BCUT2D eigenvalue weighted by Gasteiger charge is -2.40. The number of nitrogens with zero attached hydrogens (tertiary/aromatic N) is 3. The molecule has 1 aromatic carbocycles. The molecule has 2 fully saturated rings. The second-order valence-corrected chi connectivity index (χ2v) is 10.5. The molecule has 2 aliphatic rings. The van der Waals surface area contributed by atoms with Gasteiger partial charge in [0.05, 0.1) is 12.7 Å². The molecule has 1 aromatic heterocycles. The summed E-state index contributed by atoms with van der Waals surface area (Å²) in [6, 6.07) is 10.4. The Kier molecular flexibility index (Phi) is 7.90. The maximum atomic E-state index is 13.6. The molecule has 2 aromatic rings. The molecule has 8 nitrogen and oxygen atoms in total. The number of aromatic nitrogens is 2. The van der Waals surface area contributed by atoms with Crippen molar-refractivity contribution >= 4 is 16.0 Å². The minimum absolute atomic E-state index is 0.0233. The molecule has 1 saturated heterocycles. The third kappa shape index (κ3) is 6.47. The van der Waals surface area contributed by atoms with Crippen LogP contribution in [0.25, 0.3) is 0 Å². The minimum atomic E-state index is -3.55. The molecule has 1 aliphatic heterocycles. The van der Waals surface area contributed by atoms with Gasteiger partial charge in [-0.05, 0) is 67.9 Å². The molecule has 1 saturated carbocycles. The number of hydrogen-bond acceptors (Lipinski definition) is 6. The van der Waals surface area contributed by atoms with Crippen LogP contribution in [0.5, 0.6) is 0 Å². The molecule has 0 bridgehead atoms. The van der Waals surface area contributed by atoms with Crippen LogP contribution in [0.1, 0.15) is 43.6 Å². The predicted octanol–water partition coefficient (Wildman–Crippen LogP) is 2.61. The van der Waals surface area contributed by atoms with E-state index >= 15 is 0 Å². The van der Waals surface area contributed by atoms with Crippen molar-refractivity contribution in [3.63, 3.8) is 0 Å². The Morgan fingerprint density at radius 1 is 1.15 bits per heavy atom. The molecule has 0 radical (unpaired) electrons. The van der Waals surface area contributed by atoms with Crippen LogP contribution in [0.15, 0.2) is 42.6 Å². The Morgan fingerprint density at radius 2 is 1.97 bits per heavy atom. The fourth-order valence-electron chi connectivity index (χ4n) is 4.87. The largest absolute Gasteiger partial charge is 0.378 e. The van der Waals surface area contributed by atoms with Crippen LogP contribution < -0.4 is 14.3 Å². The number of hydrogen-bond donors (Lipinski definition) is 2. The lowest BCUT2D eigenvalue weighted by molar-refractivity contribution is -0.00218. The van der Waals surface area contributed by atoms with Crippen molar-refractivity contribution in [2.24, 2.45) is 5.92 Å². The van der Waals surface area contributed by atoms with E-state index in [1.54, 1.807) is 18.3 Å². The smallest absolute Gasteiger partial charge is 0.276 e. The summed E-state index contributed by atoms with van der Waals surface area (Å²) < 4.78 is 49.3. The summed E-state index contributed by atoms with van der Waals surface area (Å²) in [5.74, 6) is 0.932. The van der Waals surface area contributed by atoms with E-state index in [0.29, 0.717) is 32.0 Å². The van der Waals surface area contributed by atoms with Crippen LogP contribution in [0.3, 0.4) is 0 Å². The van der Waals surface area contributed by atoms with Gasteiger partial charge in [-0.2, -0.15) is 18.2 Å². The Bertz CT molecular complexity index is 1000. The molecule has 2 atom stereocenters. The number of anilines is 1. The highest BCUT2D eigenvalue weighted by molar-refractivity contribution is 7.87. The van der Waals surface area contributed by atoms with E-state index in [0.717, 1.165) is 37.1 Å². The minimum Gasteiger partial charge on any atom is -0.378 e. The molecule has 0 amide bonds. The average Bonchev–Trinajstić information content (AvgIpc) is 2.84. The Hall–Kier alpha value is -2.14. The first-order chi connectivity index (χ1) is 15.9. The highest BCUT2D eigenvalue weighted by Crippen LogP contribution is 2.34. The molecule has 180 valence electrons. The maximum Gasteiger partial charge on any atom is 0.276 e. The SMILES string of the molecule is CNS(=O)(=O)NC1CCN(c2cccnn2)C[C@H]1COC1CCC(c2cccc(F)c2)CC1. The van der Waals surface area contributed by atoms with E-state index in [1.807, 2.05) is 18.2 Å². The summed E-state index contributed by atoms with van der Waals surface area (Å²) in [5, 5.41) is 8.17. The molecule has 4 rings (SSSR count). The number of rotatable bonds is 8. The highest BCUT2D eigenvalue weighted by atomic mass is 32.2. The lowest BCUT2D eigenvalue weighted by atomic mass is 9.82. The molecule has 2 heterocycles. The van der Waals surface area contributed by atoms with E-state index in [4.69, 9.17) is 4.74 Å². The fourth-order valence-corrected chi connectivity index (χ4v) is 5.69. The van der Waals surface area contributed by atoms with Gasteiger partial charge in [0.25, 0.3) is 10.2 Å². The molecule has 2 N–H and O–H groups in total. The molecular formula is C23H32FN5O3S. The summed E-state index contributed by atoms with van der Waals surface area (Å²) in [7, 11) is -2.15. The van der Waals surface area contributed by atoms with Gasteiger partial charge in [-0.1, -0.05) is 12.1 Å². The summed E-state index contributed by atoms with van der Waals surface area (Å²) >= 11 is 0. The topological polar surface area (TPSA) is 96.5 Å². The van der Waals surface area contributed by atoms with Crippen molar-refractivity contribution in [2.75, 3.05) is 31.6 Å². The number of benzene rings is 1. The predicted molar refractivity (Wildman–Crippen MR) is 125 cm³/mol. The number of halogens is 1. The molecule has 1 aliphatic carbocycles. The lowest BCUT2D eigenvalue weighted by Crippen LogP contribution is -2.54. The second-order valence-electron chi connectivity index (χ2n) is 8.87. The van der Waals surface area contributed by atoms with Gasteiger partial charge in [0, 0.05) is 38.3 Å². The second kappa shape index (κ2) is 10.9. The zero-order chi connectivity index (χ0) is 23.3. The standard InChI is InChI=1S/C23H32FN5O3S/c1-25-33(30,31)28-22-11-13-29(23-6-3-12-26-27-23)15-19(22)16-32-21-9-7-17(8-10-21)18-4-2-5-20(24)14-18/h2-6,12,14,17,19,21-22,25,28H,7-11,13,15-16H2,1H3/t17?,19-,21?,22?/m0/s1. The highest BCUT2D eigenvalue weighted by Gasteiger charge is 2.34. The molecule has 33 heavy (non-hydrogen) atoms. The third-order valence-electron chi connectivity index (χ3n) is 6.73. The van der Waals surface area contributed by atoms with E-state index in [2.05, 4.69) is 24.5 Å². The van der Waals surface area contributed by atoms with Crippen molar-refractivity contribution in [3.05, 3.63) is 54.0 Å². The first-order valence-electron chi connectivity index (χ1n) is 11.5. The van der Waals surface area contributed by atoms with Gasteiger partial charge in [0.15, 0.2) is 5.82 Å². The van der Waals surface area contributed by atoms with E-state index in [-0.39, 0.29) is 23.9 Å². The Balaban J connectivity index is 1.35. The van der Waals surface area contributed by atoms with E-state index in [9.17, 15) is 12.8 Å². The Morgan fingerprint density at radius 3 is 2.67 bits per heavy atom. The molecule has 1 unspecified atom stereocenters. The number of nitrogens with one attached hydrogen (secondary N) is 2. The first-order valence-corrected chi connectivity index (χ1v) is 13.0. The number of piperidine rings is 1. The zero-order valence-electron chi connectivity index (χ0n) is 18.9. The normalized spacial score (nSPS) is 26.3. The van der Waals surface area contributed by atoms with Gasteiger partial charge in [0.2, 0.25) is 0 Å². The van der Waals surface area contributed by atoms with Crippen molar-refractivity contribution in [1.82, 2.24) is 19.6 Å². The zero-order valence-corrected chi connectivity index (χ0v) is 19.7. The van der Waals surface area contributed by atoms with Gasteiger partial charge < -0.3 is 9.64 Å². The fraction of sp³-hybridized carbons (Fsp3) is 0.565. The molecule has 0 spiro atoms. The van der Waals surface area contributed by atoms with Crippen LogP contribution in [-0.2, 0) is 14.9 Å². The summed E-state index contributed by atoms with van der Waals surface area (Å²) in [6.45, 7) is 1.78. The summed E-state index contributed by atoms with van der Waals surface area (Å²) in [6.07, 6.45) is 6.16. The Labute approximate surface area is 195 Å². The van der Waals surface area contributed by atoms with E-state index < -0.39 is 10.2 Å². The van der Waals surface area contributed by atoms with Crippen molar-refractivity contribution in [2.45, 2.75) is 50.2 Å². The van der Waals surface area contributed by atoms with Gasteiger partial charge in [-0.3, -0.25) is 0 Å². The summed E-state index contributed by atoms with van der Waals surface area (Å²) in [5.41, 5.74) is 1.06.